The molecule has 2 aliphatic rings. The van der Waals surface area contributed by atoms with Gasteiger partial charge in [-0.2, -0.15) is 5.10 Å². The van der Waals surface area contributed by atoms with E-state index in [9.17, 15) is 14.4 Å². The van der Waals surface area contributed by atoms with E-state index in [1.807, 2.05) is 18.5 Å². The monoisotopic (exact) mass is 403 g/mol. The van der Waals surface area contributed by atoms with Crippen LogP contribution in [0.2, 0.25) is 0 Å². The Balaban J connectivity index is 1.54. The Morgan fingerprint density at radius 1 is 0.862 bits per heavy atom. The number of piperazine rings is 1. The van der Waals surface area contributed by atoms with Gasteiger partial charge in [-0.05, 0) is 32.6 Å². The number of nitrogens with zero attached hydrogens (tertiary/aromatic N) is 5. The minimum Gasteiger partial charge on any atom is -0.339 e. The molecule has 29 heavy (non-hydrogen) atoms. The molecule has 3 rings (SSSR count). The highest BCUT2D eigenvalue weighted by molar-refractivity contribution is 6.35. The highest BCUT2D eigenvalue weighted by Crippen LogP contribution is 2.17. The lowest BCUT2D eigenvalue weighted by molar-refractivity contribution is -0.153. The van der Waals surface area contributed by atoms with Crippen LogP contribution in [0.4, 0.5) is 0 Å². The van der Waals surface area contributed by atoms with E-state index in [1.54, 1.807) is 14.7 Å². The van der Waals surface area contributed by atoms with Crippen LogP contribution in [0.15, 0.2) is 0 Å². The van der Waals surface area contributed by atoms with E-state index in [2.05, 4.69) is 18.9 Å². The van der Waals surface area contributed by atoms with Crippen LogP contribution in [-0.2, 0) is 27.3 Å². The number of likely N-dealkylation sites (tertiary alicyclic amines) is 1. The predicted octanol–water partition coefficient (Wildman–Crippen LogP) is 0.992. The fourth-order valence-corrected chi connectivity index (χ4v) is 4.13. The fourth-order valence-electron chi connectivity index (χ4n) is 4.13. The van der Waals surface area contributed by atoms with Crippen LogP contribution in [0.1, 0.15) is 43.6 Å². The standard InChI is InChI=1S/C21H33N5O3/c1-15(2)14-26-17(4)18(16(3)22-26)13-19(27)23-9-11-25(12-10-23)21(29)20(28)24-7-5-6-8-24/h15H,5-14H2,1-4H3. The second-order valence-electron chi connectivity index (χ2n) is 8.57. The third-order valence-corrected chi connectivity index (χ3v) is 5.89. The van der Waals surface area contributed by atoms with Gasteiger partial charge >= 0.3 is 11.8 Å². The quantitative estimate of drug-likeness (QED) is 0.703. The van der Waals surface area contributed by atoms with E-state index in [4.69, 9.17) is 0 Å². The molecule has 0 N–H and O–H groups in total. The molecule has 3 heterocycles. The van der Waals surface area contributed by atoms with E-state index < -0.39 is 11.8 Å². The zero-order valence-corrected chi connectivity index (χ0v) is 18.1. The molecule has 2 fully saturated rings. The van der Waals surface area contributed by atoms with Crippen molar-refractivity contribution in [2.24, 2.45) is 5.92 Å². The van der Waals surface area contributed by atoms with Gasteiger partial charge in [0.25, 0.3) is 0 Å². The number of amides is 3. The Morgan fingerprint density at radius 2 is 1.38 bits per heavy atom. The van der Waals surface area contributed by atoms with Crippen molar-refractivity contribution in [3.8, 4) is 0 Å². The molecule has 2 aliphatic heterocycles. The van der Waals surface area contributed by atoms with Gasteiger partial charge in [-0.25, -0.2) is 0 Å². The summed E-state index contributed by atoms with van der Waals surface area (Å²) in [6.45, 7) is 12.2. The van der Waals surface area contributed by atoms with E-state index in [0.29, 0.717) is 51.6 Å². The Labute approximate surface area is 172 Å². The predicted molar refractivity (Wildman–Crippen MR) is 109 cm³/mol. The van der Waals surface area contributed by atoms with Gasteiger partial charge in [0.15, 0.2) is 0 Å². The van der Waals surface area contributed by atoms with Crippen molar-refractivity contribution in [1.82, 2.24) is 24.5 Å². The largest absolute Gasteiger partial charge is 0.339 e. The molecule has 8 heteroatoms. The zero-order chi connectivity index (χ0) is 21.1. The maximum Gasteiger partial charge on any atom is 0.312 e. The molecule has 0 bridgehead atoms. The van der Waals surface area contributed by atoms with Crippen LogP contribution >= 0.6 is 0 Å². The highest BCUT2D eigenvalue weighted by atomic mass is 16.2. The number of hydrogen-bond acceptors (Lipinski definition) is 4. The van der Waals surface area contributed by atoms with Gasteiger partial charge in [-0.1, -0.05) is 13.8 Å². The molecule has 1 aromatic heterocycles. The van der Waals surface area contributed by atoms with Gasteiger partial charge < -0.3 is 14.7 Å². The van der Waals surface area contributed by atoms with Crippen molar-refractivity contribution in [3.63, 3.8) is 0 Å². The van der Waals surface area contributed by atoms with Crippen molar-refractivity contribution in [2.75, 3.05) is 39.3 Å². The van der Waals surface area contributed by atoms with Crippen LogP contribution in [-0.4, -0.2) is 81.5 Å². The topological polar surface area (TPSA) is 78.8 Å². The lowest BCUT2D eigenvalue weighted by Gasteiger charge is -2.35. The van der Waals surface area contributed by atoms with Gasteiger partial charge in [0.2, 0.25) is 5.91 Å². The van der Waals surface area contributed by atoms with Crippen LogP contribution < -0.4 is 0 Å². The van der Waals surface area contributed by atoms with E-state index >= 15 is 0 Å². The maximum absolute atomic E-state index is 12.8. The number of carbonyl (C=O) groups is 3. The molecule has 0 unspecified atom stereocenters. The molecular weight excluding hydrogens is 370 g/mol. The smallest absolute Gasteiger partial charge is 0.312 e. The van der Waals surface area contributed by atoms with Gasteiger partial charge in [0.05, 0.1) is 12.1 Å². The van der Waals surface area contributed by atoms with Crippen LogP contribution in [0.25, 0.3) is 0 Å². The molecule has 8 nitrogen and oxygen atoms in total. The lowest BCUT2D eigenvalue weighted by atomic mass is 10.1. The first-order valence-electron chi connectivity index (χ1n) is 10.7. The fraction of sp³-hybridized carbons (Fsp3) is 0.714. The van der Waals surface area contributed by atoms with Crippen molar-refractivity contribution in [1.29, 1.82) is 0 Å². The Hall–Kier alpha value is -2.38. The lowest BCUT2D eigenvalue weighted by Crippen LogP contribution is -2.54. The van der Waals surface area contributed by atoms with Crippen LogP contribution in [0.3, 0.4) is 0 Å². The number of carbonyl (C=O) groups excluding carboxylic acids is 3. The third kappa shape index (κ3) is 4.79. The van der Waals surface area contributed by atoms with Crippen LogP contribution in [0, 0.1) is 19.8 Å². The van der Waals surface area contributed by atoms with Gasteiger partial charge in [0, 0.05) is 57.1 Å². The molecule has 0 saturated carbocycles. The Kier molecular flexibility index (Phi) is 6.59. The second kappa shape index (κ2) is 8.97. The summed E-state index contributed by atoms with van der Waals surface area (Å²) in [7, 11) is 0. The summed E-state index contributed by atoms with van der Waals surface area (Å²) >= 11 is 0. The first-order valence-corrected chi connectivity index (χ1v) is 10.7. The molecule has 0 aliphatic carbocycles. The summed E-state index contributed by atoms with van der Waals surface area (Å²) in [4.78, 5) is 42.6. The number of aromatic nitrogens is 2. The number of rotatable bonds is 4. The van der Waals surface area contributed by atoms with Crippen LogP contribution in [0.5, 0.6) is 0 Å². The molecule has 0 aromatic carbocycles. The summed E-state index contributed by atoms with van der Waals surface area (Å²) < 4.78 is 1.99. The van der Waals surface area contributed by atoms with E-state index in [0.717, 1.165) is 36.3 Å². The van der Waals surface area contributed by atoms with Gasteiger partial charge in [-0.15, -0.1) is 0 Å². The normalized spacial score (nSPS) is 17.3. The minimum atomic E-state index is -0.430. The van der Waals surface area contributed by atoms with Crippen molar-refractivity contribution < 1.29 is 14.4 Å². The zero-order valence-electron chi connectivity index (χ0n) is 18.1. The van der Waals surface area contributed by atoms with E-state index in [-0.39, 0.29) is 5.91 Å². The highest BCUT2D eigenvalue weighted by Gasteiger charge is 2.32. The molecular formula is C21H33N5O3. The SMILES string of the molecule is Cc1nn(CC(C)C)c(C)c1CC(=O)N1CCN(C(=O)C(=O)N2CCCC2)CC1. The average Bonchev–Trinajstić information content (AvgIpc) is 3.31. The summed E-state index contributed by atoms with van der Waals surface area (Å²) in [5.74, 6) is -0.282. The van der Waals surface area contributed by atoms with Gasteiger partial charge in [0.1, 0.15) is 0 Å². The van der Waals surface area contributed by atoms with E-state index in [1.165, 1.54) is 0 Å². The molecule has 160 valence electrons. The molecule has 2 saturated heterocycles. The second-order valence-corrected chi connectivity index (χ2v) is 8.57. The Bertz CT molecular complexity index is 772. The molecule has 0 atom stereocenters. The first-order chi connectivity index (χ1) is 13.8. The summed E-state index contributed by atoms with van der Waals surface area (Å²) in [6, 6.07) is 0. The molecule has 1 aromatic rings. The third-order valence-electron chi connectivity index (χ3n) is 5.89. The van der Waals surface area contributed by atoms with Gasteiger partial charge in [-0.3, -0.25) is 19.1 Å². The Morgan fingerprint density at radius 3 is 1.93 bits per heavy atom. The summed E-state index contributed by atoms with van der Waals surface area (Å²) in [6.07, 6.45) is 2.26. The molecule has 0 spiro atoms. The number of hydrogen-bond donors (Lipinski definition) is 0. The van der Waals surface area contributed by atoms with Crippen molar-refractivity contribution in [2.45, 2.75) is 53.5 Å². The minimum absolute atomic E-state index is 0.0539. The summed E-state index contributed by atoms with van der Waals surface area (Å²) in [5, 5.41) is 4.59. The molecule has 0 radical (unpaired) electrons. The average molecular weight is 404 g/mol. The molecule has 3 amide bonds. The number of aryl methyl sites for hydroxylation is 1. The summed E-state index contributed by atoms with van der Waals surface area (Å²) in [5.41, 5.74) is 2.95. The van der Waals surface area contributed by atoms with Crippen molar-refractivity contribution >= 4 is 17.7 Å². The van der Waals surface area contributed by atoms with Crippen molar-refractivity contribution in [3.05, 3.63) is 17.0 Å². The first kappa shape index (κ1) is 21.3. The maximum atomic E-state index is 12.8.